The number of esters is 1. The van der Waals surface area contributed by atoms with Crippen molar-refractivity contribution in [2.45, 2.75) is 13.3 Å². The Labute approximate surface area is 71.5 Å². The molecule has 4 heteroatoms. The van der Waals surface area contributed by atoms with Crippen LogP contribution in [-0.4, -0.2) is 19.1 Å². The van der Waals surface area contributed by atoms with Gasteiger partial charge in [-0.15, -0.1) is 0 Å². The van der Waals surface area contributed by atoms with Crippen LogP contribution in [0.4, 0.5) is 0 Å². The van der Waals surface area contributed by atoms with E-state index in [9.17, 15) is 4.79 Å². The number of nitrogens with one attached hydrogen (secondary N) is 1. The minimum Gasteiger partial charge on any atom is -0.462 e. The van der Waals surface area contributed by atoms with Crippen LogP contribution in [0.5, 0.6) is 0 Å². The molecule has 1 N–H and O–H groups in total. The average molecular weight is 178 g/mol. The van der Waals surface area contributed by atoms with Gasteiger partial charge in [-0.25, -0.2) is 9.63 Å². The van der Waals surface area contributed by atoms with Gasteiger partial charge in [0, 0.05) is 12.1 Å². The molecule has 0 aromatic carbocycles. The number of rotatable bonds is 5. The van der Waals surface area contributed by atoms with Crippen molar-refractivity contribution in [1.82, 2.24) is 4.84 Å². The Morgan fingerprint density at radius 1 is 1.73 bits per heavy atom. The number of halogens is 1. The molecule has 0 aliphatic carbocycles. The fourth-order valence-electron chi connectivity index (χ4n) is 0.427. The molecule has 64 valence electrons. The Morgan fingerprint density at radius 3 is 2.82 bits per heavy atom. The summed E-state index contributed by atoms with van der Waals surface area (Å²) in [6, 6.07) is 0. The van der Waals surface area contributed by atoms with Gasteiger partial charge in [-0.1, -0.05) is 6.58 Å². The van der Waals surface area contributed by atoms with Crippen molar-refractivity contribution in [2.24, 2.45) is 0 Å². The molecule has 11 heavy (non-hydrogen) atoms. The largest absolute Gasteiger partial charge is 0.462 e. The van der Waals surface area contributed by atoms with Crippen molar-refractivity contribution < 1.29 is 9.53 Å². The SMILES string of the molecule is C=C(C)C(=O)OCCCNCl. The third-order valence-electron chi connectivity index (χ3n) is 0.997. The number of carbonyl (C=O) groups is 1. The van der Waals surface area contributed by atoms with Crippen LogP contribution in [0.2, 0.25) is 0 Å². The van der Waals surface area contributed by atoms with E-state index in [1.807, 2.05) is 0 Å². The Morgan fingerprint density at radius 2 is 2.36 bits per heavy atom. The van der Waals surface area contributed by atoms with E-state index in [1.54, 1.807) is 6.92 Å². The Bertz CT molecular complexity index is 147. The lowest BCUT2D eigenvalue weighted by atomic mass is 10.4. The summed E-state index contributed by atoms with van der Waals surface area (Å²) in [6.07, 6.45) is 0.711. The third kappa shape index (κ3) is 5.88. The molecule has 0 bridgehead atoms. The van der Waals surface area contributed by atoms with E-state index in [-0.39, 0.29) is 5.97 Å². The molecule has 0 radical (unpaired) electrons. The number of hydrogen-bond donors (Lipinski definition) is 1. The molecule has 0 saturated heterocycles. The van der Waals surface area contributed by atoms with Crippen LogP contribution in [0.3, 0.4) is 0 Å². The minimum atomic E-state index is -0.348. The summed E-state index contributed by atoms with van der Waals surface area (Å²) >= 11 is 5.17. The summed E-state index contributed by atoms with van der Waals surface area (Å²) in [6.45, 7) is 6.06. The van der Waals surface area contributed by atoms with Gasteiger partial charge in [-0.05, 0) is 25.1 Å². The van der Waals surface area contributed by atoms with E-state index in [1.165, 1.54) is 0 Å². The van der Waals surface area contributed by atoms with Crippen LogP contribution >= 0.6 is 11.8 Å². The van der Waals surface area contributed by atoms with Gasteiger partial charge in [-0.3, -0.25) is 0 Å². The second-order valence-corrected chi connectivity index (χ2v) is 2.42. The molecule has 0 unspecified atom stereocenters. The number of hydrogen-bond acceptors (Lipinski definition) is 3. The molecule has 0 aromatic heterocycles. The molecule has 0 aromatic rings. The molecule has 0 atom stereocenters. The second kappa shape index (κ2) is 6.19. The standard InChI is InChI=1S/C7H12ClNO2/c1-6(2)7(10)11-5-3-4-9-8/h9H,1,3-5H2,2H3. The highest BCUT2D eigenvalue weighted by molar-refractivity contribution is 6.13. The molecular weight excluding hydrogens is 166 g/mol. The van der Waals surface area contributed by atoms with Gasteiger partial charge in [-0.2, -0.15) is 0 Å². The molecule has 0 saturated carbocycles. The fourth-order valence-corrected chi connectivity index (χ4v) is 0.561. The summed E-state index contributed by atoms with van der Waals surface area (Å²) in [7, 11) is 0. The first-order chi connectivity index (χ1) is 5.18. The Hall–Kier alpha value is -0.540. The zero-order valence-corrected chi connectivity index (χ0v) is 7.28. The van der Waals surface area contributed by atoms with Crippen LogP contribution in [0.25, 0.3) is 0 Å². The van der Waals surface area contributed by atoms with Crippen molar-refractivity contribution in [3.63, 3.8) is 0 Å². The maximum Gasteiger partial charge on any atom is 0.333 e. The van der Waals surface area contributed by atoms with Gasteiger partial charge in [0.15, 0.2) is 0 Å². The summed E-state index contributed by atoms with van der Waals surface area (Å²) in [5, 5.41) is 0. The monoisotopic (exact) mass is 177 g/mol. The molecule has 0 amide bonds. The lowest BCUT2D eigenvalue weighted by Crippen LogP contribution is -2.10. The van der Waals surface area contributed by atoms with Crippen molar-refractivity contribution in [1.29, 1.82) is 0 Å². The molecular formula is C7H12ClNO2. The van der Waals surface area contributed by atoms with E-state index in [0.717, 1.165) is 0 Å². The van der Waals surface area contributed by atoms with Gasteiger partial charge >= 0.3 is 5.97 Å². The summed E-state index contributed by atoms with van der Waals surface area (Å²) in [5.74, 6) is -0.348. The topological polar surface area (TPSA) is 38.3 Å². The van der Waals surface area contributed by atoms with Crippen LogP contribution < -0.4 is 4.84 Å². The van der Waals surface area contributed by atoms with E-state index < -0.39 is 0 Å². The van der Waals surface area contributed by atoms with Crippen LogP contribution in [0.15, 0.2) is 12.2 Å². The average Bonchev–Trinajstić information content (AvgIpc) is 1.97. The molecule has 0 rings (SSSR count). The molecule has 0 spiro atoms. The highest BCUT2D eigenvalue weighted by Gasteiger charge is 2.00. The lowest BCUT2D eigenvalue weighted by Gasteiger charge is -2.02. The minimum absolute atomic E-state index is 0.348. The Kier molecular flexibility index (Phi) is 5.88. The maximum absolute atomic E-state index is 10.7. The van der Waals surface area contributed by atoms with Gasteiger partial charge in [0.05, 0.1) is 6.61 Å². The number of carbonyl (C=O) groups excluding carboxylic acids is 1. The molecule has 0 fully saturated rings. The normalized spacial score (nSPS) is 9.27. The third-order valence-corrected chi connectivity index (χ3v) is 1.19. The van der Waals surface area contributed by atoms with Gasteiger partial charge in [0.1, 0.15) is 0 Å². The lowest BCUT2D eigenvalue weighted by molar-refractivity contribution is -0.138. The summed E-state index contributed by atoms with van der Waals surface area (Å²) in [5.41, 5.74) is 0.420. The van der Waals surface area contributed by atoms with Crippen molar-refractivity contribution in [3.05, 3.63) is 12.2 Å². The summed E-state index contributed by atoms with van der Waals surface area (Å²) < 4.78 is 4.77. The first kappa shape index (κ1) is 10.5. The zero-order valence-electron chi connectivity index (χ0n) is 6.52. The summed E-state index contributed by atoms with van der Waals surface area (Å²) in [4.78, 5) is 13.2. The highest BCUT2D eigenvalue weighted by Crippen LogP contribution is 1.92. The number of ether oxygens (including phenoxy) is 1. The van der Waals surface area contributed by atoms with E-state index in [0.29, 0.717) is 25.1 Å². The first-order valence-corrected chi connectivity index (χ1v) is 3.72. The molecule has 0 aliphatic rings. The fraction of sp³-hybridized carbons (Fsp3) is 0.571. The van der Waals surface area contributed by atoms with Crippen LogP contribution in [0, 0.1) is 0 Å². The Balaban J connectivity index is 3.25. The molecule has 0 aliphatic heterocycles. The zero-order chi connectivity index (χ0) is 8.69. The van der Waals surface area contributed by atoms with E-state index in [4.69, 9.17) is 16.5 Å². The van der Waals surface area contributed by atoms with Crippen molar-refractivity contribution in [3.8, 4) is 0 Å². The smallest absolute Gasteiger partial charge is 0.333 e. The second-order valence-electron chi connectivity index (χ2n) is 2.15. The van der Waals surface area contributed by atoms with Gasteiger partial charge in [0.2, 0.25) is 0 Å². The van der Waals surface area contributed by atoms with Crippen molar-refractivity contribution >= 4 is 17.7 Å². The quantitative estimate of drug-likeness (QED) is 0.297. The van der Waals surface area contributed by atoms with E-state index in [2.05, 4.69) is 11.4 Å². The highest BCUT2D eigenvalue weighted by atomic mass is 35.5. The van der Waals surface area contributed by atoms with Crippen LogP contribution in [0.1, 0.15) is 13.3 Å². The first-order valence-electron chi connectivity index (χ1n) is 3.34. The predicted octanol–water partition coefficient (Wildman–Crippen LogP) is 1.24. The molecule has 3 nitrogen and oxygen atoms in total. The maximum atomic E-state index is 10.7. The van der Waals surface area contributed by atoms with Gasteiger partial charge in [0.25, 0.3) is 0 Å². The predicted molar refractivity (Wildman–Crippen MR) is 44.2 cm³/mol. The molecule has 0 heterocycles. The van der Waals surface area contributed by atoms with Crippen molar-refractivity contribution in [2.75, 3.05) is 13.2 Å². The van der Waals surface area contributed by atoms with Gasteiger partial charge < -0.3 is 4.74 Å². The van der Waals surface area contributed by atoms with E-state index >= 15 is 0 Å². The van der Waals surface area contributed by atoms with Crippen LogP contribution in [-0.2, 0) is 9.53 Å².